The Labute approximate surface area is 174 Å². The van der Waals surface area contributed by atoms with Crippen LogP contribution in [0, 0.1) is 5.92 Å². The molecule has 0 saturated carbocycles. The van der Waals surface area contributed by atoms with Crippen molar-refractivity contribution in [3.63, 3.8) is 0 Å². The molecule has 0 aliphatic carbocycles. The van der Waals surface area contributed by atoms with E-state index in [1.165, 1.54) is 89.9 Å². The summed E-state index contributed by atoms with van der Waals surface area (Å²) in [4.78, 5) is 23.0. The number of unbranched alkanes of at least 4 members (excludes halogenated alkanes) is 15. The van der Waals surface area contributed by atoms with E-state index in [1.54, 1.807) is 0 Å². The van der Waals surface area contributed by atoms with Gasteiger partial charge in [-0.25, -0.2) is 0 Å². The topological polar surface area (TPSA) is 69.4 Å². The Balaban J connectivity index is 3.29. The van der Waals surface area contributed by atoms with Crippen molar-refractivity contribution in [3.05, 3.63) is 0 Å². The molecule has 2 N–H and O–H groups in total. The zero-order chi connectivity index (χ0) is 20.9. The molecule has 4 heteroatoms. The van der Waals surface area contributed by atoms with E-state index in [4.69, 9.17) is 10.5 Å². The second-order valence-electron chi connectivity index (χ2n) is 8.21. The number of primary amides is 1. The predicted molar refractivity (Wildman–Crippen MR) is 118 cm³/mol. The Morgan fingerprint density at radius 2 is 1.04 bits per heavy atom. The molecule has 1 unspecified atom stereocenters. The van der Waals surface area contributed by atoms with Crippen LogP contribution in [0.3, 0.4) is 0 Å². The fourth-order valence-corrected chi connectivity index (χ4v) is 3.59. The minimum atomic E-state index is -0.772. The summed E-state index contributed by atoms with van der Waals surface area (Å²) in [6, 6.07) is 0. The van der Waals surface area contributed by atoms with Crippen molar-refractivity contribution in [3.8, 4) is 0 Å². The Morgan fingerprint density at radius 1 is 0.643 bits per heavy atom. The summed E-state index contributed by atoms with van der Waals surface area (Å²) in [6.07, 6.45) is 22.4. The molecule has 0 rings (SSSR count). The first-order valence-corrected chi connectivity index (χ1v) is 12.1. The average Bonchev–Trinajstić information content (AvgIpc) is 2.68. The summed E-state index contributed by atoms with van der Waals surface area (Å²) in [5.41, 5.74) is 5.25. The fourth-order valence-electron chi connectivity index (χ4n) is 3.59. The van der Waals surface area contributed by atoms with E-state index < -0.39 is 17.8 Å². The smallest absolute Gasteiger partial charge is 0.318 e. The van der Waals surface area contributed by atoms with Gasteiger partial charge in [0.2, 0.25) is 5.91 Å². The molecule has 0 saturated heterocycles. The Morgan fingerprint density at radius 3 is 1.39 bits per heavy atom. The number of nitrogens with two attached hydrogens (primary N) is 1. The lowest BCUT2D eigenvalue weighted by Crippen LogP contribution is -2.31. The maximum Gasteiger partial charge on any atom is 0.318 e. The van der Waals surface area contributed by atoms with E-state index in [2.05, 4.69) is 6.92 Å². The lowest BCUT2D eigenvalue weighted by molar-refractivity contribution is -0.152. The van der Waals surface area contributed by atoms with E-state index >= 15 is 0 Å². The monoisotopic (exact) mass is 397 g/mol. The number of carbonyl (C=O) groups excluding carboxylic acids is 2. The molecule has 0 aromatic rings. The van der Waals surface area contributed by atoms with Crippen LogP contribution in [0.4, 0.5) is 0 Å². The van der Waals surface area contributed by atoms with Gasteiger partial charge < -0.3 is 10.5 Å². The maximum atomic E-state index is 11.8. The molecule has 1 atom stereocenters. The molecular weight excluding hydrogens is 350 g/mol. The highest BCUT2D eigenvalue weighted by molar-refractivity contribution is 5.96. The third-order valence-corrected chi connectivity index (χ3v) is 5.45. The fraction of sp³-hybridized carbons (Fsp3) is 0.917. The highest BCUT2D eigenvalue weighted by Crippen LogP contribution is 2.14. The van der Waals surface area contributed by atoms with Gasteiger partial charge in [0.25, 0.3) is 0 Å². The first-order chi connectivity index (χ1) is 13.6. The van der Waals surface area contributed by atoms with Crippen molar-refractivity contribution in [2.45, 2.75) is 129 Å². The number of esters is 1. The Hall–Kier alpha value is -1.06. The number of ether oxygens (including phenoxy) is 1. The predicted octanol–water partition coefficient (Wildman–Crippen LogP) is 6.69. The maximum absolute atomic E-state index is 11.8. The van der Waals surface area contributed by atoms with Crippen LogP contribution in [0.25, 0.3) is 0 Å². The van der Waals surface area contributed by atoms with Crippen molar-refractivity contribution < 1.29 is 14.3 Å². The first kappa shape index (κ1) is 26.9. The normalized spacial score (nSPS) is 12.1. The molecule has 0 heterocycles. The Bertz CT molecular complexity index is 371. The van der Waals surface area contributed by atoms with Crippen LogP contribution in [-0.2, 0) is 14.3 Å². The van der Waals surface area contributed by atoms with E-state index in [0.717, 1.165) is 19.3 Å². The molecule has 1 amide bonds. The van der Waals surface area contributed by atoms with Crippen LogP contribution < -0.4 is 5.73 Å². The van der Waals surface area contributed by atoms with Gasteiger partial charge in [0.15, 0.2) is 0 Å². The van der Waals surface area contributed by atoms with E-state index in [0.29, 0.717) is 13.0 Å². The van der Waals surface area contributed by atoms with Crippen LogP contribution in [0.15, 0.2) is 0 Å². The zero-order valence-electron chi connectivity index (χ0n) is 18.8. The average molecular weight is 398 g/mol. The number of carbonyl (C=O) groups is 2. The highest BCUT2D eigenvalue weighted by Gasteiger charge is 2.24. The van der Waals surface area contributed by atoms with Crippen LogP contribution in [0.2, 0.25) is 0 Å². The van der Waals surface area contributed by atoms with E-state index in [-0.39, 0.29) is 0 Å². The summed E-state index contributed by atoms with van der Waals surface area (Å²) in [7, 11) is 0. The van der Waals surface area contributed by atoms with Gasteiger partial charge in [-0.15, -0.1) is 0 Å². The summed E-state index contributed by atoms with van der Waals surface area (Å²) in [5, 5.41) is 0. The van der Waals surface area contributed by atoms with Crippen LogP contribution in [-0.4, -0.2) is 18.5 Å². The molecule has 28 heavy (non-hydrogen) atoms. The largest absolute Gasteiger partial charge is 0.465 e. The van der Waals surface area contributed by atoms with Crippen molar-refractivity contribution >= 4 is 11.9 Å². The third kappa shape index (κ3) is 17.1. The third-order valence-electron chi connectivity index (χ3n) is 5.45. The number of amides is 1. The molecule has 0 aliphatic rings. The van der Waals surface area contributed by atoms with Gasteiger partial charge in [0.05, 0.1) is 6.61 Å². The highest BCUT2D eigenvalue weighted by atomic mass is 16.5. The van der Waals surface area contributed by atoms with Crippen molar-refractivity contribution in [2.24, 2.45) is 11.7 Å². The van der Waals surface area contributed by atoms with Gasteiger partial charge in [-0.3, -0.25) is 9.59 Å². The quantitative estimate of drug-likeness (QED) is 0.133. The summed E-state index contributed by atoms with van der Waals surface area (Å²) in [5.74, 6) is -1.79. The van der Waals surface area contributed by atoms with Gasteiger partial charge in [-0.1, -0.05) is 117 Å². The second-order valence-corrected chi connectivity index (χ2v) is 8.21. The van der Waals surface area contributed by atoms with Gasteiger partial charge >= 0.3 is 5.97 Å². The van der Waals surface area contributed by atoms with Crippen molar-refractivity contribution in [1.29, 1.82) is 0 Å². The lowest BCUT2D eigenvalue weighted by Gasteiger charge is -2.11. The van der Waals surface area contributed by atoms with Crippen LogP contribution in [0.5, 0.6) is 0 Å². The van der Waals surface area contributed by atoms with Crippen molar-refractivity contribution in [2.75, 3.05) is 6.61 Å². The lowest BCUT2D eigenvalue weighted by atomic mass is 10.0. The summed E-state index contributed by atoms with van der Waals surface area (Å²) in [6.45, 7) is 4.61. The number of hydrogen-bond donors (Lipinski definition) is 1. The van der Waals surface area contributed by atoms with Gasteiger partial charge in [0, 0.05) is 0 Å². The molecule has 0 bridgehead atoms. The minimum Gasteiger partial charge on any atom is -0.465 e. The van der Waals surface area contributed by atoms with Gasteiger partial charge in [-0.05, 0) is 12.8 Å². The molecule has 0 fully saturated rings. The molecule has 4 nitrogen and oxygen atoms in total. The van der Waals surface area contributed by atoms with Crippen molar-refractivity contribution in [1.82, 2.24) is 0 Å². The molecule has 0 aromatic heterocycles. The first-order valence-electron chi connectivity index (χ1n) is 12.1. The summed E-state index contributed by atoms with van der Waals surface area (Å²) < 4.78 is 5.20. The molecule has 0 aliphatic heterocycles. The van der Waals surface area contributed by atoms with Crippen LogP contribution >= 0.6 is 0 Å². The summed E-state index contributed by atoms with van der Waals surface area (Å²) >= 11 is 0. The number of hydrogen-bond acceptors (Lipinski definition) is 3. The van der Waals surface area contributed by atoms with Crippen LogP contribution in [0.1, 0.15) is 129 Å². The standard InChI is InChI=1S/C24H47NO3/c1-3-5-6-7-8-9-10-11-12-13-14-15-16-17-18-19-21-28-24(27)22(20-4-2)23(25)26/h22H,3-21H2,1-2H3,(H2,25,26). The van der Waals surface area contributed by atoms with Gasteiger partial charge in [0.1, 0.15) is 5.92 Å². The molecule has 0 spiro atoms. The SMILES string of the molecule is CCCCCCCCCCCCCCCCCCOC(=O)C(CCC)C(N)=O. The Kier molecular flexibility index (Phi) is 19.9. The second kappa shape index (κ2) is 20.7. The minimum absolute atomic E-state index is 0.408. The zero-order valence-corrected chi connectivity index (χ0v) is 18.8. The van der Waals surface area contributed by atoms with E-state index in [9.17, 15) is 9.59 Å². The molecule has 0 aromatic carbocycles. The molecule has 0 radical (unpaired) electrons. The number of rotatable bonds is 21. The molecular formula is C24H47NO3. The van der Waals surface area contributed by atoms with E-state index in [1.807, 2.05) is 6.92 Å². The van der Waals surface area contributed by atoms with Gasteiger partial charge in [-0.2, -0.15) is 0 Å². The molecule has 166 valence electrons.